The summed E-state index contributed by atoms with van der Waals surface area (Å²) in [6, 6.07) is 3.05. The first kappa shape index (κ1) is 18.9. The summed E-state index contributed by atoms with van der Waals surface area (Å²) in [5.41, 5.74) is 0.624. The first-order chi connectivity index (χ1) is 12.4. The number of phenols is 1. The smallest absolute Gasteiger partial charge is 0.342 e. The van der Waals surface area contributed by atoms with Gasteiger partial charge >= 0.3 is 5.97 Å². The Morgan fingerprint density at radius 2 is 1.85 bits per heavy atom. The minimum atomic E-state index is -0.807. The molecule has 2 aliphatic rings. The number of aliphatic hydroxyl groups excluding tert-OH is 2. The Labute approximate surface area is 152 Å². The van der Waals surface area contributed by atoms with E-state index in [1.807, 2.05) is 0 Å². The molecule has 1 fully saturated rings. The van der Waals surface area contributed by atoms with Crippen molar-refractivity contribution in [3.8, 4) is 11.5 Å². The third-order valence-electron chi connectivity index (χ3n) is 5.06. The maximum Gasteiger partial charge on any atom is 0.342 e. The van der Waals surface area contributed by atoms with Gasteiger partial charge in [-0.2, -0.15) is 0 Å². The number of cyclic esters (lactones) is 1. The summed E-state index contributed by atoms with van der Waals surface area (Å²) in [4.78, 5) is 12.6. The van der Waals surface area contributed by atoms with Crippen molar-refractivity contribution in [2.45, 2.75) is 69.5 Å². The lowest BCUT2D eigenvalue weighted by Gasteiger charge is -2.20. The third kappa shape index (κ3) is 4.11. The van der Waals surface area contributed by atoms with Crippen molar-refractivity contribution in [1.29, 1.82) is 0 Å². The van der Waals surface area contributed by atoms with E-state index in [9.17, 15) is 20.1 Å². The molecule has 7 heteroatoms. The summed E-state index contributed by atoms with van der Waals surface area (Å²) in [7, 11) is 1.48. The largest absolute Gasteiger partial charge is 0.507 e. The Kier molecular flexibility index (Phi) is 5.70. The molecular weight excluding hydrogens is 340 g/mol. The molecule has 0 bridgehead atoms. The summed E-state index contributed by atoms with van der Waals surface area (Å²) in [5, 5.41) is 30.5. The Balaban J connectivity index is 1.90. The van der Waals surface area contributed by atoms with Crippen LogP contribution < -0.4 is 4.74 Å². The number of hydrogen-bond donors (Lipinski definition) is 3. The molecule has 26 heavy (non-hydrogen) atoms. The van der Waals surface area contributed by atoms with Crippen LogP contribution in [0, 0.1) is 0 Å². The molecule has 1 saturated heterocycles. The molecule has 5 atom stereocenters. The Hall–Kier alpha value is -1.83. The first-order valence-corrected chi connectivity index (χ1v) is 9.04. The van der Waals surface area contributed by atoms with Crippen LogP contribution in [0.15, 0.2) is 12.1 Å². The zero-order chi connectivity index (χ0) is 18.8. The minimum Gasteiger partial charge on any atom is -0.507 e. The van der Waals surface area contributed by atoms with Crippen LogP contribution in [0.1, 0.15) is 61.1 Å². The van der Waals surface area contributed by atoms with E-state index in [4.69, 9.17) is 14.2 Å². The summed E-state index contributed by atoms with van der Waals surface area (Å²) in [5.74, 6) is -0.374. The summed E-state index contributed by atoms with van der Waals surface area (Å²) >= 11 is 0. The minimum absolute atomic E-state index is 0.0998. The van der Waals surface area contributed by atoms with Crippen molar-refractivity contribution < 1.29 is 34.3 Å². The fourth-order valence-corrected chi connectivity index (χ4v) is 3.46. The fourth-order valence-electron chi connectivity index (χ4n) is 3.46. The molecular formula is C19H26O7. The first-order valence-electron chi connectivity index (χ1n) is 9.04. The highest BCUT2D eigenvalue weighted by atomic mass is 16.6. The zero-order valence-electron chi connectivity index (χ0n) is 15.1. The Bertz CT molecular complexity index is 660. The number of methoxy groups -OCH3 is 1. The van der Waals surface area contributed by atoms with Gasteiger partial charge in [-0.25, -0.2) is 4.79 Å². The second-order valence-electron chi connectivity index (χ2n) is 7.06. The van der Waals surface area contributed by atoms with Gasteiger partial charge in [0.15, 0.2) is 0 Å². The second-order valence-corrected chi connectivity index (χ2v) is 7.06. The number of aromatic hydroxyl groups is 1. The van der Waals surface area contributed by atoms with Gasteiger partial charge < -0.3 is 29.5 Å². The van der Waals surface area contributed by atoms with E-state index in [-0.39, 0.29) is 29.6 Å². The van der Waals surface area contributed by atoms with E-state index >= 15 is 0 Å². The van der Waals surface area contributed by atoms with Gasteiger partial charge in [0, 0.05) is 11.6 Å². The molecule has 0 spiro atoms. The number of aliphatic hydroxyl groups is 2. The Morgan fingerprint density at radius 1 is 1.12 bits per heavy atom. The van der Waals surface area contributed by atoms with Crippen molar-refractivity contribution >= 4 is 5.97 Å². The molecule has 0 aromatic heterocycles. The predicted octanol–water partition coefficient (Wildman–Crippen LogP) is 2.07. The van der Waals surface area contributed by atoms with Crippen LogP contribution in [-0.2, 0) is 9.47 Å². The van der Waals surface area contributed by atoms with Gasteiger partial charge in [0.2, 0.25) is 0 Å². The second kappa shape index (κ2) is 7.82. The number of phenolic OH excluding ortho intramolecular Hbond substituents is 1. The molecule has 5 unspecified atom stereocenters. The lowest BCUT2D eigenvalue weighted by molar-refractivity contribution is 0.00283. The average Bonchev–Trinajstić information content (AvgIpc) is 3.37. The van der Waals surface area contributed by atoms with E-state index in [0.29, 0.717) is 43.4 Å². The Morgan fingerprint density at radius 3 is 2.58 bits per heavy atom. The van der Waals surface area contributed by atoms with E-state index < -0.39 is 18.2 Å². The average molecular weight is 366 g/mol. The lowest BCUT2D eigenvalue weighted by atomic mass is 9.96. The number of fused-ring (bicyclic) bond motifs is 3. The molecule has 0 radical (unpaired) electrons. The predicted molar refractivity (Wildman–Crippen MR) is 92.2 cm³/mol. The maximum absolute atomic E-state index is 12.6. The molecule has 0 amide bonds. The highest BCUT2D eigenvalue weighted by Crippen LogP contribution is 2.46. The van der Waals surface area contributed by atoms with Gasteiger partial charge in [0.05, 0.1) is 31.5 Å². The van der Waals surface area contributed by atoms with Gasteiger partial charge in [-0.1, -0.05) is 0 Å². The number of benzene rings is 1. The van der Waals surface area contributed by atoms with Crippen molar-refractivity contribution in [1.82, 2.24) is 0 Å². The van der Waals surface area contributed by atoms with Gasteiger partial charge in [-0.15, -0.1) is 0 Å². The van der Waals surface area contributed by atoms with Crippen LogP contribution >= 0.6 is 0 Å². The molecule has 1 aromatic carbocycles. The van der Waals surface area contributed by atoms with Gasteiger partial charge in [0.25, 0.3) is 0 Å². The SMILES string of the molecule is COc1cc(O)c2c(c1)C1OC1CCC(O)C(O)CCCC(C)OC2=O. The van der Waals surface area contributed by atoms with Gasteiger partial charge in [-0.3, -0.25) is 0 Å². The highest BCUT2D eigenvalue weighted by molar-refractivity contribution is 5.95. The number of ether oxygens (including phenoxy) is 3. The normalized spacial score (nSPS) is 32.6. The van der Waals surface area contributed by atoms with E-state index in [1.165, 1.54) is 13.2 Å². The zero-order valence-corrected chi connectivity index (χ0v) is 15.1. The number of carbonyl (C=O) groups is 1. The molecule has 3 N–H and O–H groups in total. The number of esters is 1. The van der Waals surface area contributed by atoms with Crippen LogP contribution in [0.25, 0.3) is 0 Å². The number of carbonyl (C=O) groups excluding carboxylic acids is 1. The van der Waals surface area contributed by atoms with Crippen molar-refractivity contribution in [3.05, 3.63) is 23.3 Å². The monoisotopic (exact) mass is 366 g/mol. The van der Waals surface area contributed by atoms with Gasteiger partial charge in [-0.05, 0) is 45.1 Å². The van der Waals surface area contributed by atoms with E-state index in [1.54, 1.807) is 13.0 Å². The topological polar surface area (TPSA) is 109 Å². The van der Waals surface area contributed by atoms with E-state index in [2.05, 4.69) is 0 Å². The van der Waals surface area contributed by atoms with E-state index in [0.717, 1.165) is 0 Å². The molecule has 1 aromatic rings. The third-order valence-corrected chi connectivity index (χ3v) is 5.06. The number of epoxide rings is 1. The summed E-state index contributed by atoms with van der Waals surface area (Å²) in [6.45, 7) is 1.77. The maximum atomic E-state index is 12.6. The molecule has 0 saturated carbocycles. The number of rotatable bonds is 1. The molecule has 3 rings (SSSR count). The van der Waals surface area contributed by atoms with Crippen molar-refractivity contribution in [2.75, 3.05) is 7.11 Å². The van der Waals surface area contributed by atoms with Gasteiger partial charge in [0.1, 0.15) is 23.2 Å². The number of hydrogen-bond acceptors (Lipinski definition) is 7. The molecule has 144 valence electrons. The highest BCUT2D eigenvalue weighted by Gasteiger charge is 2.43. The van der Waals surface area contributed by atoms with Crippen molar-refractivity contribution in [2.24, 2.45) is 0 Å². The molecule has 2 aliphatic heterocycles. The summed E-state index contributed by atoms with van der Waals surface area (Å²) < 4.78 is 16.3. The lowest BCUT2D eigenvalue weighted by Crippen LogP contribution is -2.27. The summed E-state index contributed by atoms with van der Waals surface area (Å²) in [6.07, 6.45) is 0.0435. The molecule has 0 aliphatic carbocycles. The standard InChI is InChI=1S/C19H26O7/c1-10-4-3-5-13(20)14(21)6-7-16-18(26-16)12-8-11(24-2)9-15(22)17(12)19(23)25-10/h8-10,13-14,16,18,20-22H,3-7H2,1-2H3. The quantitative estimate of drug-likeness (QED) is 0.516. The molecule has 7 nitrogen and oxygen atoms in total. The van der Waals surface area contributed by atoms with Crippen molar-refractivity contribution in [3.63, 3.8) is 0 Å². The van der Waals surface area contributed by atoms with Crippen LogP contribution in [-0.4, -0.2) is 52.8 Å². The van der Waals surface area contributed by atoms with Crippen LogP contribution in [0.2, 0.25) is 0 Å². The fraction of sp³-hybridized carbons (Fsp3) is 0.632. The van der Waals surface area contributed by atoms with Crippen LogP contribution in [0.3, 0.4) is 0 Å². The van der Waals surface area contributed by atoms with Crippen LogP contribution in [0.4, 0.5) is 0 Å². The van der Waals surface area contributed by atoms with Crippen LogP contribution in [0.5, 0.6) is 11.5 Å². The molecule has 2 heterocycles.